The SMILES string of the molecule is C=CC(=O)c1cc(C(=O)O)c(C(=O)O)c(CC)c1O. The van der Waals surface area contributed by atoms with Crippen LogP contribution in [-0.2, 0) is 6.42 Å². The highest BCUT2D eigenvalue weighted by Gasteiger charge is 2.26. The lowest BCUT2D eigenvalue weighted by Crippen LogP contribution is -2.14. The Labute approximate surface area is 108 Å². The molecule has 0 aliphatic rings. The van der Waals surface area contributed by atoms with E-state index in [0.717, 1.165) is 12.1 Å². The van der Waals surface area contributed by atoms with Crippen molar-refractivity contribution in [2.24, 2.45) is 0 Å². The number of carbonyl (C=O) groups excluding carboxylic acids is 1. The molecule has 6 nitrogen and oxygen atoms in total. The molecule has 3 N–H and O–H groups in total. The molecule has 0 heterocycles. The van der Waals surface area contributed by atoms with E-state index < -0.39 is 34.6 Å². The first-order valence-corrected chi connectivity index (χ1v) is 5.37. The van der Waals surface area contributed by atoms with Crippen LogP contribution < -0.4 is 0 Å². The van der Waals surface area contributed by atoms with E-state index in [0.29, 0.717) is 0 Å². The molecule has 1 rings (SSSR count). The van der Waals surface area contributed by atoms with E-state index in [-0.39, 0.29) is 17.5 Å². The minimum Gasteiger partial charge on any atom is -0.507 e. The molecule has 100 valence electrons. The predicted octanol–water partition coefficient (Wildman–Crippen LogP) is 1.72. The average molecular weight is 264 g/mol. The van der Waals surface area contributed by atoms with E-state index >= 15 is 0 Å². The van der Waals surface area contributed by atoms with Crippen molar-refractivity contribution in [2.45, 2.75) is 13.3 Å². The molecule has 0 aliphatic heterocycles. The first-order valence-electron chi connectivity index (χ1n) is 5.37. The molecule has 0 bridgehead atoms. The minimum atomic E-state index is -1.48. The van der Waals surface area contributed by atoms with Gasteiger partial charge in [0.05, 0.1) is 16.7 Å². The van der Waals surface area contributed by atoms with Crippen molar-refractivity contribution in [3.63, 3.8) is 0 Å². The second-order valence-corrected chi connectivity index (χ2v) is 3.71. The van der Waals surface area contributed by atoms with Gasteiger partial charge in [0.25, 0.3) is 0 Å². The number of carboxylic acid groups (broad SMARTS) is 2. The standard InChI is InChI=1S/C13H12O6/c1-3-6-10(13(18)19)8(12(16)17)5-7(11(6)15)9(14)4-2/h4-5,15H,2-3H2,1H3,(H,16,17)(H,18,19). The number of phenolic OH excluding ortho intramolecular Hbond substituents is 1. The topological polar surface area (TPSA) is 112 Å². The van der Waals surface area contributed by atoms with Crippen LogP contribution in [0.1, 0.15) is 43.6 Å². The van der Waals surface area contributed by atoms with E-state index in [2.05, 4.69) is 6.58 Å². The molecule has 0 spiro atoms. The molecule has 1 aromatic rings. The van der Waals surface area contributed by atoms with Crippen LogP contribution in [0.3, 0.4) is 0 Å². The second kappa shape index (κ2) is 5.34. The molecule has 0 aromatic heterocycles. The molecule has 19 heavy (non-hydrogen) atoms. The average Bonchev–Trinajstić information content (AvgIpc) is 2.36. The molecule has 0 saturated carbocycles. The lowest BCUT2D eigenvalue weighted by molar-refractivity contribution is 0.0650. The molecule has 6 heteroatoms. The summed E-state index contributed by atoms with van der Waals surface area (Å²) in [6.07, 6.45) is 0.993. The van der Waals surface area contributed by atoms with Crippen molar-refractivity contribution in [1.82, 2.24) is 0 Å². The van der Waals surface area contributed by atoms with Crippen LogP contribution in [0.2, 0.25) is 0 Å². The minimum absolute atomic E-state index is 0.0754. The number of rotatable bonds is 5. The summed E-state index contributed by atoms with van der Waals surface area (Å²) >= 11 is 0. The Morgan fingerprint density at radius 1 is 1.21 bits per heavy atom. The first kappa shape index (κ1) is 14.4. The zero-order valence-corrected chi connectivity index (χ0v) is 10.1. The molecular weight excluding hydrogens is 252 g/mol. The highest BCUT2D eigenvalue weighted by molar-refractivity contribution is 6.11. The largest absolute Gasteiger partial charge is 0.507 e. The van der Waals surface area contributed by atoms with Gasteiger partial charge in [-0.05, 0) is 18.6 Å². The van der Waals surface area contributed by atoms with E-state index in [1.165, 1.54) is 0 Å². The van der Waals surface area contributed by atoms with Crippen LogP contribution in [0.15, 0.2) is 18.7 Å². The monoisotopic (exact) mass is 264 g/mol. The number of carbonyl (C=O) groups is 3. The number of hydrogen-bond donors (Lipinski definition) is 3. The Bertz CT molecular complexity index is 585. The summed E-state index contributed by atoms with van der Waals surface area (Å²) in [6.45, 7) is 4.79. The Hall–Kier alpha value is -2.63. The molecule has 0 unspecified atom stereocenters. The summed E-state index contributed by atoms with van der Waals surface area (Å²) in [5, 5.41) is 28.0. The number of allylic oxidation sites excluding steroid dienone is 1. The van der Waals surface area contributed by atoms with Gasteiger partial charge in [-0.1, -0.05) is 13.5 Å². The normalized spacial score (nSPS) is 9.95. The Balaban J connectivity index is 3.81. The van der Waals surface area contributed by atoms with Gasteiger partial charge in [-0.15, -0.1) is 0 Å². The summed E-state index contributed by atoms with van der Waals surface area (Å²) in [5.41, 5.74) is -1.40. The third kappa shape index (κ3) is 2.47. The molecule has 0 atom stereocenters. The van der Waals surface area contributed by atoms with Gasteiger partial charge in [0, 0.05) is 5.56 Å². The van der Waals surface area contributed by atoms with Gasteiger partial charge < -0.3 is 15.3 Å². The highest BCUT2D eigenvalue weighted by atomic mass is 16.4. The zero-order chi connectivity index (χ0) is 14.7. The van der Waals surface area contributed by atoms with Crippen molar-refractivity contribution in [1.29, 1.82) is 0 Å². The number of benzene rings is 1. The maximum Gasteiger partial charge on any atom is 0.336 e. The number of phenols is 1. The summed E-state index contributed by atoms with van der Waals surface area (Å²) in [4.78, 5) is 33.8. The summed E-state index contributed by atoms with van der Waals surface area (Å²) in [6, 6.07) is 0.851. The molecule has 0 fully saturated rings. The van der Waals surface area contributed by atoms with Crippen LogP contribution in [0.4, 0.5) is 0 Å². The summed E-state index contributed by atoms with van der Waals surface area (Å²) < 4.78 is 0. The smallest absolute Gasteiger partial charge is 0.336 e. The van der Waals surface area contributed by atoms with E-state index in [9.17, 15) is 19.5 Å². The molecular formula is C13H12O6. The summed E-state index contributed by atoms with van der Waals surface area (Å²) in [5.74, 6) is -4.14. The van der Waals surface area contributed by atoms with Crippen molar-refractivity contribution < 1.29 is 29.7 Å². The third-order valence-corrected chi connectivity index (χ3v) is 2.65. The van der Waals surface area contributed by atoms with E-state index in [1.807, 2.05) is 0 Å². The van der Waals surface area contributed by atoms with Crippen LogP contribution >= 0.6 is 0 Å². The van der Waals surface area contributed by atoms with Crippen molar-refractivity contribution in [3.8, 4) is 5.75 Å². The zero-order valence-electron chi connectivity index (χ0n) is 10.1. The second-order valence-electron chi connectivity index (χ2n) is 3.71. The third-order valence-electron chi connectivity index (χ3n) is 2.65. The van der Waals surface area contributed by atoms with Gasteiger partial charge in [-0.2, -0.15) is 0 Å². The summed E-state index contributed by atoms with van der Waals surface area (Å²) in [7, 11) is 0. The van der Waals surface area contributed by atoms with Crippen molar-refractivity contribution >= 4 is 17.7 Å². The Kier molecular flexibility index (Phi) is 4.06. The number of hydrogen-bond acceptors (Lipinski definition) is 4. The van der Waals surface area contributed by atoms with Gasteiger partial charge in [0.1, 0.15) is 5.75 Å². The fourth-order valence-electron chi connectivity index (χ4n) is 1.78. The lowest BCUT2D eigenvalue weighted by atomic mass is 9.93. The quantitative estimate of drug-likeness (QED) is 0.551. The van der Waals surface area contributed by atoms with E-state index in [1.54, 1.807) is 6.92 Å². The predicted molar refractivity (Wildman–Crippen MR) is 65.9 cm³/mol. The highest BCUT2D eigenvalue weighted by Crippen LogP contribution is 2.30. The fourth-order valence-corrected chi connectivity index (χ4v) is 1.78. The maximum atomic E-state index is 11.5. The van der Waals surface area contributed by atoms with E-state index in [4.69, 9.17) is 10.2 Å². The maximum absolute atomic E-state index is 11.5. The number of aromatic carboxylic acids is 2. The van der Waals surface area contributed by atoms with Gasteiger partial charge in [0.15, 0.2) is 5.78 Å². The molecule has 1 aromatic carbocycles. The van der Waals surface area contributed by atoms with Crippen LogP contribution in [0.25, 0.3) is 0 Å². The van der Waals surface area contributed by atoms with Crippen LogP contribution in [0, 0.1) is 0 Å². The molecule has 0 saturated heterocycles. The molecule has 0 aliphatic carbocycles. The van der Waals surface area contributed by atoms with Crippen molar-refractivity contribution in [3.05, 3.63) is 41.0 Å². The first-order chi connectivity index (χ1) is 8.84. The van der Waals surface area contributed by atoms with Crippen LogP contribution in [-0.4, -0.2) is 33.0 Å². The molecule has 0 radical (unpaired) electrons. The number of aromatic hydroxyl groups is 1. The lowest BCUT2D eigenvalue weighted by Gasteiger charge is -2.13. The van der Waals surface area contributed by atoms with Gasteiger partial charge in [0.2, 0.25) is 0 Å². The van der Waals surface area contributed by atoms with Gasteiger partial charge >= 0.3 is 11.9 Å². The van der Waals surface area contributed by atoms with Crippen molar-refractivity contribution in [2.75, 3.05) is 0 Å². The Morgan fingerprint density at radius 2 is 1.79 bits per heavy atom. The van der Waals surface area contributed by atoms with Gasteiger partial charge in [-0.3, -0.25) is 4.79 Å². The Morgan fingerprint density at radius 3 is 2.16 bits per heavy atom. The van der Waals surface area contributed by atoms with Crippen LogP contribution in [0.5, 0.6) is 5.75 Å². The van der Waals surface area contributed by atoms with Gasteiger partial charge in [-0.25, -0.2) is 9.59 Å². The fraction of sp³-hybridized carbons (Fsp3) is 0.154. The number of carboxylic acids is 2. The molecule has 0 amide bonds. The number of ketones is 1.